The van der Waals surface area contributed by atoms with E-state index in [1.54, 1.807) is 23.6 Å². The second-order valence-corrected chi connectivity index (χ2v) is 9.13. The van der Waals surface area contributed by atoms with Gasteiger partial charge in [-0.05, 0) is 39.3 Å². The van der Waals surface area contributed by atoms with Gasteiger partial charge in [0.15, 0.2) is 17.3 Å². The molecule has 31 heavy (non-hydrogen) atoms. The highest BCUT2D eigenvalue weighted by atomic mass is 16.6. The second kappa shape index (κ2) is 7.47. The summed E-state index contributed by atoms with van der Waals surface area (Å²) in [5.41, 5.74) is -0.163. The first-order valence-electron chi connectivity index (χ1n) is 10.1. The zero-order valence-electron chi connectivity index (χ0n) is 18.4. The number of rotatable bonds is 5. The van der Waals surface area contributed by atoms with E-state index in [1.165, 1.54) is 11.2 Å². The van der Waals surface area contributed by atoms with E-state index in [-0.39, 0.29) is 30.3 Å². The number of likely N-dealkylation sites (tertiary alicyclic amines) is 1. The molecule has 1 unspecified atom stereocenters. The van der Waals surface area contributed by atoms with Crippen LogP contribution in [-0.2, 0) is 18.3 Å². The molecule has 2 amide bonds. The Morgan fingerprint density at radius 3 is 2.65 bits per heavy atom. The maximum Gasteiger partial charge on any atom is 0.410 e. The Morgan fingerprint density at radius 2 is 2.03 bits per heavy atom. The molecule has 3 atom stereocenters. The van der Waals surface area contributed by atoms with Crippen molar-refractivity contribution in [1.29, 1.82) is 0 Å². The van der Waals surface area contributed by atoms with E-state index >= 15 is 0 Å². The lowest BCUT2D eigenvalue weighted by molar-refractivity contribution is 0.0270. The third-order valence-electron chi connectivity index (χ3n) is 5.62. The first-order chi connectivity index (χ1) is 14.6. The monoisotopic (exact) mass is 429 g/mol. The quantitative estimate of drug-likeness (QED) is 0.667. The second-order valence-electron chi connectivity index (χ2n) is 9.13. The maximum atomic E-state index is 12.8. The molecule has 0 bridgehead atoms. The molecule has 2 aromatic rings. The molecule has 0 radical (unpaired) electrons. The van der Waals surface area contributed by atoms with E-state index in [4.69, 9.17) is 9.26 Å². The summed E-state index contributed by atoms with van der Waals surface area (Å²) in [5, 5.41) is 4.11. The minimum absolute atomic E-state index is 0.166. The van der Waals surface area contributed by atoms with Crippen LogP contribution in [0, 0.1) is 11.8 Å². The highest BCUT2D eigenvalue weighted by Crippen LogP contribution is 2.57. The van der Waals surface area contributed by atoms with Crippen molar-refractivity contribution in [3.63, 3.8) is 0 Å². The van der Waals surface area contributed by atoms with E-state index in [2.05, 4.69) is 26.8 Å². The number of aryl methyl sites for hydroxylation is 1. The summed E-state index contributed by atoms with van der Waals surface area (Å²) in [4.78, 5) is 40.5. The minimum atomic E-state index is -0.507. The third-order valence-corrected chi connectivity index (χ3v) is 5.62. The minimum Gasteiger partial charge on any atom is -0.444 e. The summed E-state index contributed by atoms with van der Waals surface area (Å²) in [6.07, 6.45) is 1.23. The average Bonchev–Trinajstić information content (AvgIpc) is 3.10. The van der Waals surface area contributed by atoms with Crippen molar-refractivity contribution in [1.82, 2.24) is 29.5 Å². The Kier molecular flexibility index (Phi) is 5.06. The molecule has 0 N–H and O–H groups in total. The molecule has 1 aliphatic carbocycles. The van der Waals surface area contributed by atoms with Crippen molar-refractivity contribution in [2.75, 3.05) is 20.1 Å². The van der Waals surface area contributed by atoms with Crippen LogP contribution in [0.5, 0.6) is 0 Å². The van der Waals surface area contributed by atoms with Crippen molar-refractivity contribution in [3.8, 4) is 0 Å². The van der Waals surface area contributed by atoms with Gasteiger partial charge in [0.25, 0.3) is 5.91 Å². The molecule has 11 heteroatoms. The Balaban J connectivity index is 1.34. The van der Waals surface area contributed by atoms with Gasteiger partial charge in [-0.3, -0.25) is 4.79 Å². The van der Waals surface area contributed by atoms with Crippen LogP contribution in [0.4, 0.5) is 10.6 Å². The molecule has 1 saturated carbocycles. The van der Waals surface area contributed by atoms with Crippen LogP contribution >= 0.6 is 0 Å². The molecule has 3 heterocycles. The molecular formula is C20H27N7O4. The molecule has 4 rings (SSSR count). The predicted octanol–water partition coefficient (Wildman–Crippen LogP) is 1.99. The summed E-state index contributed by atoms with van der Waals surface area (Å²) >= 11 is 0. The van der Waals surface area contributed by atoms with Gasteiger partial charge in [0.05, 0.1) is 6.33 Å². The summed E-state index contributed by atoms with van der Waals surface area (Å²) in [7, 11) is 3.37. The SMILES string of the molecule is C=Nc1ncn(C)c1C(=O)N(C)Cc1nc(C2[C@H]3CN(C(=O)OC(C)(C)C)C[C@@H]23)no1. The van der Waals surface area contributed by atoms with Gasteiger partial charge >= 0.3 is 6.09 Å². The van der Waals surface area contributed by atoms with Gasteiger partial charge in [-0.2, -0.15) is 4.98 Å². The van der Waals surface area contributed by atoms with Gasteiger partial charge in [0.2, 0.25) is 5.89 Å². The molecule has 1 saturated heterocycles. The van der Waals surface area contributed by atoms with Crippen LogP contribution in [0.15, 0.2) is 15.8 Å². The van der Waals surface area contributed by atoms with E-state index in [1.807, 2.05) is 20.8 Å². The van der Waals surface area contributed by atoms with Crippen LogP contribution in [-0.4, -0.2) is 73.9 Å². The van der Waals surface area contributed by atoms with E-state index in [9.17, 15) is 9.59 Å². The lowest BCUT2D eigenvalue weighted by Gasteiger charge is -2.25. The molecule has 2 aromatic heterocycles. The lowest BCUT2D eigenvalue weighted by Crippen LogP contribution is -2.36. The Morgan fingerprint density at radius 1 is 1.35 bits per heavy atom. The highest BCUT2D eigenvalue weighted by molar-refractivity contribution is 5.96. The van der Waals surface area contributed by atoms with Gasteiger partial charge in [0.1, 0.15) is 12.1 Å². The summed E-state index contributed by atoms with van der Waals surface area (Å²) < 4.78 is 12.4. The van der Waals surface area contributed by atoms with Crippen molar-refractivity contribution < 1.29 is 18.8 Å². The lowest BCUT2D eigenvalue weighted by atomic mass is 10.2. The highest BCUT2D eigenvalue weighted by Gasteiger charge is 2.59. The number of piperidine rings is 1. The summed E-state index contributed by atoms with van der Waals surface area (Å²) in [6, 6.07) is 0. The fraction of sp³-hybridized carbons (Fsp3) is 0.600. The average molecular weight is 429 g/mol. The Hall–Kier alpha value is -3.24. The number of fused-ring (bicyclic) bond motifs is 1. The topological polar surface area (TPSA) is 119 Å². The number of hydrogen-bond acceptors (Lipinski definition) is 8. The van der Waals surface area contributed by atoms with Crippen LogP contribution in [0.2, 0.25) is 0 Å². The zero-order chi connectivity index (χ0) is 22.5. The standard InChI is InChI=1S/C20H27N7O4/c1-20(2,3)30-19(29)27-7-11-12(8-27)14(11)16-23-13(31-24-16)9-25(5)18(28)15-17(21-4)22-10-26(15)6/h10-12,14H,4,7-9H2,1-3,5-6H3/t11-,12+,14?. The fourth-order valence-electron chi connectivity index (χ4n) is 4.09. The van der Waals surface area contributed by atoms with Crippen molar-refractivity contribution >= 4 is 24.5 Å². The van der Waals surface area contributed by atoms with Gasteiger partial charge in [-0.15, -0.1) is 0 Å². The number of imidazole rings is 1. The normalized spacial score (nSPS) is 22.2. The number of carbonyl (C=O) groups is 2. The number of amides is 2. The smallest absolute Gasteiger partial charge is 0.410 e. The fourth-order valence-corrected chi connectivity index (χ4v) is 4.09. The van der Waals surface area contributed by atoms with E-state index in [0.29, 0.717) is 42.3 Å². The number of hydrogen-bond donors (Lipinski definition) is 0. The van der Waals surface area contributed by atoms with Gasteiger partial charge in [-0.25, -0.2) is 14.8 Å². The van der Waals surface area contributed by atoms with Gasteiger partial charge in [0, 0.05) is 33.1 Å². The molecule has 0 spiro atoms. The van der Waals surface area contributed by atoms with Crippen LogP contribution in [0.1, 0.15) is 48.9 Å². The molecule has 166 valence electrons. The van der Waals surface area contributed by atoms with Crippen molar-refractivity contribution in [3.05, 3.63) is 23.7 Å². The zero-order valence-corrected chi connectivity index (χ0v) is 18.4. The van der Waals surface area contributed by atoms with E-state index < -0.39 is 5.60 Å². The molecule has 11 nitrogen and oxygen atoms in total. The van der Waals surface area contributed by atoms with Crippen LogP contribution < -0.4 is 0 Å². The number of carbonyl (C=O) groups excluding carboxylic acids is 2. The van der Waals surface area contributed by atoms with Gasteiger partial charge in [-0.1, -0.05) is 5.16 Å². The number of ether oxygens (including phenoxy) is 1. The van der Waals surface area contributed by atoms with Crippen LogP contribution in [0.25, 0.3) is 0 Å². The van der Waals surface area contributed by atoms with Gasteiger partial charge < -0.3 is 23.6 Å². The van der Waals surface area contributed by atoms with E-state index in [0.717, 1.165) is 0 Å². The molecule has 0 aromatic carbocycles. The maximum absolute atomic E-state index is 12.8. The number of aliphatic imine (C=N–C) groups is 1. The Bertz CT molecular complexity index is 1010. The summed E-state index contributed by atoms with van der Waals surface area (Å²) in [6.45, 7) is 10.4. The molecule has 2 fully saturated rings. The van der Waals surface area contributed by atoms with Crippen molar-refractivity contribution in [2.24, 2.45) is 23.9 Å². The number of aromatic nitrogens is 4. The van der Waals surface area contributed by atoms with Crippen LogP contribution in [0.3, 0.4) is 0 Å². The first-order valence-corrected chi connectivity index (χ1v) is 10.1. The largest absolute Gasteiger partial charge is 0.444 e. The first kappa shape index (κ1) is 21.0. The number of nitrogens with zero attached hydrogens (tertiary/aromatic N) is 7. The Labute approximate surface area is 180 Å². The molecule has 2 aliphatic rings. The third kappa shape index (κ3) is 4.04. The molecular weight excluding hydrogens is 402 g/mol. The van der Waals surface area contributed by atoms with Crippen molar-refractivity contribution in [2.45, 2.75) is 38.8 Å². The molecule has 1 aliphatic heterocycles. The predicted molar refractivity (Wildman–Crippen MR) is 110 cm³/mol. The summed E-state index contributed by atoms with van der Waals surface area (Å²) in [5.74, 6) is 1.80.